The first-order chi connectivity index (χ1) is 16.3. The molecule has 0 saturated carbocycles. The summed E-state index contributed by atoms with van der Waals surface area (Å²) in [5.74, 6) is -1.29. The van der Waals surface area contributed by atoms with Gasteiger partial charge < -0.3 is 19.3 Å². The van der Waals surface area contributed by atoms with Crippen LogP contribution in [0.4, 0.5) is 5.69 Å². The molecule has 176 valence electrons. The van der Waals surface area contributed by atoms with Gasteiger partial charge in [-0.1, -0.05) is 6.08 Å². The Hall–Kier alpha value is -4.18. The Morgan fingerprint density at radius 1 is 1.18 bits per heavy atom. The van der Waals surface area contributed by atoms with E-state index in [9.17, 15) is 14.4 Å². The lowest BCUT2D eigenvalue weighted by atomic mass is 10.0. The summed E-state index contributed by atoms with van der Waals surface area (Å²) in [6.07, 6.45) is 3.36. The number of hydrogen-bond donors (Lipinski definition) is 2. The van der Waals surface area contributed by atoms with Gasteiger partial charge >= 0.3 is 5.97 Å². The van der Waals surface area contributed by atoms with Crippen molar-refractivity contribution in [2.75, 3.05) is 25.7 Å². The second-order valence-corrected chi connectivity index (χ2v) is 7.43. The van der Waals surface area contributed by atoms with E-state index in [0.717, 1.165) is 0 Å². The zero-order valence-corrected chi connectivity index (χ0v) is 19.3. The third-order valence-corrected chi connectivity index (χ3v) is 5.11. The first-order valence-corrected chi connectivity index (χ1v) is 10.4. The highest BCUT2D eigenvalue weighted by molar-refractivity contribution is 7.80. The molecule has 2 amide bonds. The van der Waals surface area contributed by atoms with Gasteiger partial charge in [0.05, 0.1) is 19.9 Å². The third kappa shape index (κ3) is 5.24. The van der Waals surface area contributed by atoms with E-state index in [-0.39, 0.29) is 22.2 Å². The molecule has 1 saturated heterocycles. The topological polar surface area (TPSA) is 114 Å². The van der Waals surface area contributed by atoms with E-state index in [2.05, 4.69) is 11.9 Å². The lowest BCUT2D eigenvalue weighted by molar-refractivity contribution is -0.139. The first-order valence-electron chi connectivity index (χ1n) is 10.0. The molecule has 0 atom stereocenters. The SMILES string of the molecule is C=CCc1cc(/C=C2\C(=O)NC(=S)N(c3ccc(OC)cc3)C2=O)cc(OC)c1OCC(=O)O. The second kappa shape index (κ2) is 10.6. The average Bonchev–Trinajstić information content (AvgIpc) is 2.81. The van der Waals surface area contributed by atoms with Gasteiger partial charge in [0.25, 0.3) is 11.8 Å². The van der Waals surface area contributed by atoms with Crippen molar-refractivity contribution >= 4 is 46.9 Å². The molecule has 0 aliphatic carbocycles. The van der Waals surface area contributed by atoms with E-state index >= 15 is 0 Å². The molecule has 1 aliphatic rings. The molecule has 1 aliphatic heterocycles. The molecule has 9 nitrogen and oxygen atoms in total. The van der Waals surface area contributed by atoms with Crippen molar-refractivity contribution in [2.24, 2.45) is 0 Å². The number of rotatable bonds is 9. The lowest BCUT2D eigenvalue weighted by Crippen LogP contribution is -2.54. The van der Waals surface area contributed by atoms with Gasteiger partial charge in [-0.2, -0.15) is 0 Å². The maximum atomic E-state index is 13.3. The van der Waals surface area contributed by atoms with Crippen molar-refractivity contribution in [3.63, 3.8) is 0 Å². The highest BCUT2D eigenvalue weighted by Gasteiger charge is 2.34. The number of nitrogens with one attached hydrogen (secondary N) is 1. The standard InChI is InChI=1S/C24H22N2O7S/c1-4-5-15-10-14(12-19(32-3)21(15)33-13-20(27)28)11-18-22(29)25-24(34)26(23(18)30)16-6-8-17(31-2)9-7-16/h4,6-12H,1,5,13H2,2-3H3,(H,27,28)(H,25,29,34)/b18-11+. The monoisotopic (exact) mass is 482 g/mol. The molecule has 2 aromatic carbocycles. The first kappa shape index (κ1) is 24.5. The molecule has 3 rings (SSSR count). The molecule has 2 N–H and O–H groups in total. The quantitative estimate of drug-likeness (QED) is 0.243. The smallest absolute Gasteiger partial charge is 0.341 e. The Bertz CT molecular complexity index is 1190. The minimum atomic E-state index is -1.14. The van der Waals surface area contributed by atoms with Gasteiger partial charge in [0.15, 0.2) is 23.2 Å². The molecule has 1 heterocycles. The molecule has 0 aromatic heterocycles. The van der Waals surface area contributed by atoms with Gasteiger partial charge in [0.1, 0.15) is 11.3 Å². The van der Waals surface area contributed by atoms with Gasteiger partial charge in [0, 0.05) is 5.56 Å². The number of carboxylic acid groups (broad SMARTS) is 1. The van der Waals surface area contributed by atoms with Gasteiger partial charge in [-0.25, -0.2) is 4.79 Å². The maximum Gasteiger partial charge on any atom is 0.341 e. The van der Waals surface area contributed by atoms with Crippen LogP contribution in [0.15, 0.2) is 54.6 Å². The number of carboxylic acids is 1. The Morgan fingerprint density at radius 2 is 1.88 bits per heavy atom. The minimum absolute atomic E-state index is 0.0420. The Balaban J connectivity index is 2.03. The number of anilines is 1. The molecule has 0 bridgehead atoms. The summed E-state index contributed by atoms with van der Waals surface area (Å²) < 4.78 is 15.9. The molecule has 0 radical (unpaired) electrons. The largest absolute Gasteiger partial charge is 0.497 e. The van der Waals surface area contributed by atoms with Crippen LogP contribution < -0.4 is 24.4 Å². The summed E-state index contributed by atoms with van der Waals surface area (Å²) in [4.78, 5) is 38.1. The van der Waals surface area contributed by atoms with Crippen LogP contribution in [-0.4, -0.2) is 48.8 Å². The van der Waals surface area contributed by atoms with Crippen LogP contribution in [0.2, 0.25) is 0 Å². The molecular weight excluding hydrogens is 460 g/mol. The van der Waals surface area contributed by atoms with Crippen molar-refractivity contribution in [1.29, 1.82) is 0 Å². The zero-order chi connectivity index (χ0) is 24.8. The summed E-state index contributed by atoms with van der Waals surface area (Å²) in [5.41, 5.74) is 1.37. The third-order valence-electron chi connectivity index (χ3n) is 4.82. The normalized spacial score (nSPS) is 14.6. The number of benzene rings is 2. The van der Waals surface area contributed by atoms with Crippen LogP contribution in [0.3, 0.4) is 0 Å². The summed E-state index contributed by atoms with van der Waals surface area (Å²) in [6.45, 7) is 3.15. The van der Waals surface area contributed by atoms with E-state index in [1.54, 1.807) is 42.5 Å². The summed E-state index contributed by atoms with van der Waals surface area (Å²) in [6, 6.07) is 9.86. The number of nitrogens with zero attached hydrogens (tertiary/aromatic N) is 1. The van der Waals surface area contributed by atoms with Crippen LogP contribution in [-0.2, 0) is 20.8 Å². The summed E-state index contributed by atoms with van der Waals surface area (Å²) in [5, 5.41) is 11.4. The molecule has 0 spiro atoms. The number of ether oxygens (including phenoxy) is 3. The van der Waals surface area contributed by atoms with Crippen molar-refractivity contribution in [1.82, 2.24) is 5.32 Å². The van der Waals surface area contributed by atoms with E-state index < -0.39 is 24.4 Å². The van der Waals surface area contributed by atoms with Crippen molar-refractivity contribution in [3.05, 3.63) is 65.8 Å². The van der Waals surface area contributed by atoms with Crippen LogP contribution in [0, 0.1) is 0 Å². The van der Waals surface area contributed by atoms with Crippen molar-refractivity contribution in [2.45, 2.75) is 6.42 Å². The average molecular weight is 483 g/mol. The molecule has 34 heavy (non-hydrogen) atoms. The molecule has 10 heteroatoms. The highest BCUT2D eigenvalue weighted by atomic mass is 32.1. The zero-order valence-electron chi connectivity index (χ0n) is 18.5. The minimum Gasteiger partial charge on any atom is -0.497 e. The maximum absolute atomic E-state index is 13.3. The number of hydrogen-bond acceptors (Lipinski definition) is 7. The van der Waals surface area contributed by atoms with Crippen LogP contribution >= 0.6 is 12.2 Å². The Kier molecular flexibility index (Phi) is 7.64. The summed E-state index contributed by atoms with van der Waals surface area (Å²) in [7, 11) is 2.93. The molecule has 0 unspecified atom stereocenters. The van der Waals surface area contributed by atoms with Gasteiger partial charge in [-0.05, 0) is 66.7 Å². The van der Waals surface area contributed by atoms with Crippen LogP contribution in [0.5, 0.6) is 17.2 Å². The highest BCUT2D eigenvalue weighted by Crippen LogP contribution is 2.35. The van der Waals surface area contributed by atoms with Gasteiger partial charge in [0.2, 0.25) is 0 Å². The number of carbonyl (C=O) groups excluding carboxylic acids is 2. The van der Waals surface area contributed by atoms with Crippen molar-refractivity contribution in [3.8, 4) is 17.2 Å². The Morgan fingerprint density at radius 3 is 2.47 bits per heavy atom. The van der Waals surface area contributed by atoms with Gasteiger partial charge in [-0.15, -0.1) is 6.58 Å². The molecule has 1 fully saturated rings. The Labute approximate surface area is 201 Å². The number of aliphatic carboxylic acids is 1. The predicted molar refractivity (Wildman–Crippen MR) is 129 cm³/mol. The van der Waals surface area contributed by atoms with Gasteiger partial charge in [-0.3, -0.25) is 19.8 Å². The van der Waals surface area contributed by atoms with Crippen LogP contribution in [0.25, 0.3) is 6.08 Å². The van der Waals surface area contributed by atoms with Crippen molar-refractivity contribution < 1.29 is 33.7 Å². The van der Waals surface area contributed by atoms with E-state index in [1.165, 1.54) is 25.2 Å². The van der Waals surface area contributed by atoms with Crippen LogP contribution in [0.1, 0.15) is 11.1 Å². The molecule has 2 aromatic rings. The lowest BCUT2D eigenvalue weighted by Gasteiger charge is -2.29. The fourth-order valence-corrected chi connectivity index (χ4v) is 3.59. The van der Waals surface area contributed by atoms with E-state index in [1.807, 2.05) is 0 Å². The summed E-state index contributed by atoms with van der Waals surface area (Å²) >= 11 is 5.22. The number of methoxy groups -OCH3 is 2. The predicted octanol–water partition coefficient (Wildman–Crippen LogP) is 2.73. The fraction of sp³-hybridized carbons (Fsp3) is 0.167. The number of allylic oxidation sites excluding steroid dienone is 1. The number of thiocarbonyl (C=S) groups is 1. The molecular formula is C24H22N2O7S. The number of amides is 2. The fourth-order valence-electron chi connectivity index (χ4n) is 3.31. The second-order valence-electron chi connectivity index (χ2n) is 7.04. The number of carbonyl (C=O) groups is 3. The van der Waals surface area contributed by atoms with E-state index in [0.29, 0.717) is 29.0 Å². The van der Waals surface area contributed by atoms with E-state index in [4.69, 9.17) is 31.5 Å².